The van der Waals surface area contributed by atoms with E-state index in [9.17, 15) is 14.4 Å². The number of hydrogen-bond donors (Lipinski definition) is 2. The first-order valence-electron chi connectivity index (χ1n) is 7.04. The Balaban J connectivity index is 1.92. The Hall–Kier alpha value is -3.00. The smallest absolute Gasteiger partial charge is 0.346 e. The fraction of sp³-hybridized carbons (Fsp3) is 0.125. The minimum absolute atomic E-state index is 0.0843. The highest BCUT2D eigenvalue weighted by atomic mass is 32.1. The summed E-state index contributed by atoms with van der Waals surface area (Å²) in [6, 6.07) is 8.89. The molecule has 0 bridgehead atoms. The van der Waals surface area contributed by atoms with Crippen LogP contribution in [0.15, 0.2) is 41.5 Å². The van der Waals surface area contributed by atoms with Crippen molar-refractivity contribution in [2.45, 2.75) is 13.5 Å². The van der Waals surface area contributed by atoms with Gasteiger partial charge < -0.3 is 10.4 Å². The average molecular weight is 343 g/mol. The van der Waals surface area contributed by atoms with Gasteiger partial charge in [0.2, 0.25) is 5.91 Å². The summed E-state index contributed by atoms with van der Waals surface area (Å²) >= 11 is 0.952. The molecular weight excluding hydrogens is 330 g/mol. The van der Waals surface area contributed by atoms with Crippen molar-refractivity contribution in [3.8, 4) is 0 Å². The molecule has 0 atom stereocenters. The summed E-state index contributed by atoms with van der Waals surface area (Å²) in [6.45, 7) is 1.37. The highest BCUT2D eigenvalue weighted by Crippen LogP contribution is 2.26. The number of carbonyl (C=O) groups excluding carboxylic acids is 1. The van der Waals surface area contributed by atoms with Crippen LogP contribution < -0.4 is 10.9 Å². The summed E-state index contributed by atoms with van der Waals surface area (Å²) in [5, 5.41) is 12.1. The summed E-state index contributed by atoms with van der Waals surface area (Å²) < 4.78 is 1.17. The largest absolute Gasteiger partial charge is 0.477 e. The third-order valence-corrected chi connectivity index (χ3v) is 4.67. The van der Waals surface area contributed by atoms with Gasteiger partial charge in [-0.15, -0.1) is 11.3 Å². The topological polar surface area (TPSA) is 101 Å². The molecule has 0 aliphatic rings. The van der Waals surface area contributed by atoms with Crippen LogP contribution in [0.1, 0.15) is 15.2 Å². The molecule has 7 nitrogen and oxygen atoms in total. The Kier molecular flexibility index (Phi) is 4.13. The Morgan fingerprint density at radius 2 is 2.00 bits per heavy atom. The molecule has 0 aliphatic heterocycles. The van der Waals surface area contributed by atoms with E-state index in [0.717, 1.165) is 11.3 Å². The van der Waals surface area contributed by atoms with Gasteiger partial charge in [0.15, 0.2) is 0 Å². The van der Waals surface area contributed by atoms with Gasteiger partial charge >= 0.3 is 5.97 Å². The van der Waals surface area contributed by atoms with Gasteiger partial charge in [-0.3, -0.25) is 14.2 Å². The van der Waals surface area contributed by atoms with E-state index < -0.39 is 11.5 Å². The molecule has 2 heterocycles. The summed E-state index contributed by atoms with van der Waals surface area (Å²) in [7, 11) is 0. The highest BCUT2D eigenvalue weighted by Gasteiger charge is 2.19. The first-order chi connectivity index (χ1) is 11.5. The van der Waals surface area contributed by atoms with Crippen LogP contribution in [0.2, 0.25) is 0 Å². The van der Waals surface area contributed by atoms with Crippen molar-refractivity contribution in [3.63, 3.8) is 0 Å². The van der Waals surface area contributed by atoms with Gasteiger partial charge in [0.05, 0.1) is 11.7 Å². The van der Waals surface area contributed by atoms with Gasteiger partial charge in [0.25, 0.3) is 5.56 Å². The number of anilines is 1. The summed E-state index contributed by atoms with van der Waals surface area (Å²) in [5.74, 6) is -1.46. The van der Waals surface area contributed by atoms with Crippen LogP contribution in [-0.4, -0.2) is 26.5 Å². The Morgan fingerprint density at radius 3 is 2.67 bits per heavy atom. The molecule has 0 saturated carbocycles. The molecule has 0 radical (unpaired) electrons. The molecule has 0 spiro atoms. The minimum Gasteiger partial charge on any atom is -0.477 e. The van der Waals surface area contributed by atoms with Gasteiger partial charge in [0.1, 0.15) is 16.3 Å². The molecule has 3 aromatic rings. The number of aromatic nitrogens is 2. The molecule has 8 heteroatoms. The van der Waals surface area contributed by atoms with E-state index in [2.05, 4.69) is 10.3 Å². The molecule has 3 rings (SSSR count). The van der Waals surface area contributed by atoms with E-state index in [1.165, 1.54) is 10.9 Å². The Labute approximate surface area is 140 Å². The number of rotatable bonds is 4. The number of aromatic carboxylic acids is 1. The van der Waals surface area contributed by atoms with Crippen LogP contribution in [0, 0.1) is 6.92 Å². The van der Waals surface area contributed by atoms with Crippen LogP contribution in [0.3, 0.4) is 0 Å². The number of nitrogens with zero attached hydrogens (tertiary/aromatic N) is 2. The molecule has 122 valence electrons. The zero-order valence-corrected chi connectivity index (χ0v) is 13.5. The van der Waals surface area contributed by atoms with Crippen molar-refractivity contribution in [3.05, 3.63) is 57.5 Å². The molecule has 1 amide bonds. The van der Waals surface area contributed by atoms with Gasteiger partial charge in [0, 0.05) is 5.69 Å². The zero-order valence-electron chi connectivity index (χ0n) is 12.6. The van der Waals surface area contributed by atoms with Gasteiger partial charge in [-0.2, -0.15) is 0 Å². The van der Waals surface area contributed by atoms with E-state index >= 15 is 0 Å². The second kappa shape index (κ2) is 6.25. The highest BCUT2D eigenvalue weighted by molar-refractivity contribution is 7.20. The van der Waals surface area contributed by atoms with Crippen molar-refractivity contribution in [2.75, 3.05) is 5.32 Å². The molecular formula is C16H13N3O4S. The monoisotopic (exact) mass is 343 g/mol. The molecule has 2 aromatic heterocycles. The molecule has 0 aliphatic carbocycles. The summed E-state index contributed by atoms with van der Waals surface area (Å²) in [5.41, 5.74) is 0.576. The number of aryl methyl sites for hydroxylation is 1. The fourth-order valence-corrected chi connectivity index (χ4v) is 3.33. The number of amides is 1. The first kappa shape index (κ1) is 15.9. The maximum absolute atomic E-state index is 12.5. The van der Waals surface area contributed by atoms with Crippen LogP contribution in [0.25, 0.3) is 10.2 Å². The number of carboxylic acids is 1. The van der Waals surface area contributed by atoms with Crippen LogP contribution >= 0.6 is 11.3 Å². The number of carboxylic acid groups (broad SMARTS) is 1. The number of hydrogen-bond acceptors (Lipinski definition) is 5. The molecule has 24 heavy (non-hydrogen) atoms. The predicted molar refractivity (Wildman–Crippen MR) is 90.6 cm³/mol. The molecule has 0 unspecified atom stereocenters. The summed E-state index contributed by atoms with van der Waals surface area (Å²) in [6.07, 6.45) is 1.26. The second-order valence-electron chi connectivity index (χ2n) is 5.13. The average Bonchev–Trinajstić information content (AvgIpc) is 2.89. The van der Waals surface area contributed by atoms with Crippen molar-refractivity contribution < 1.29 is 14.7 Å². The standard InChI is InChI=1S/C16H13N3O4S/c1-9-12-14(24-13(9)16(22)23)17-8-19(15(12)21)7-11(20)18-10-5-3-2-4-6-10/h2-6,8H,7H2,1H3,(H,18,20)(H,22,23). The van der Waals surface area contributed by atoms with Gasteiger partial charge in [-0.05, 0) is 24.6 Å². The number of benzene rings is 1. The number of para-hydroxylation sites is 1. The number of carbonyl (C=O) groups is 2. The Morgan fingerprint density at radius 1 is 1.29 bits per heavy atom. The normalized spacial score (nSPS) is 10.7. The quantitative estimate of drug-likeness (QED) is 0.755. The van der Waals surface area contributed by atoms with Crippen molar-refractivity contribution in [2.24, 2.45) is 0 Å². The summed E-state index contributed by atoms with van der Waals surface area (Å²) in [4.78, 5) is 40.3. The lowest BCUT2D eigenvalue weighted by Crippen LogP contribution is -2.27. The van der Waals surface area contributed by atoms with E-state index in [1.807, 2.05) is 6.07 Å². The number of thiophene rings is 1. The number of fused-ring (bicyclic) bond motifs is 1. The maximum atomic E-state index is 12.5. The molecule has 0 saturated heterocycles. The van der Waals surface area contributed by atoms with E-state index in [0.29, 0.717) is 16.1 Å². The van der Waals surface area contributed by atoms with Crippen LogP contribution in [-0.2, 0) is 11.3 Å². The van der Waals surface area contributed by atoms with E-state index in [4.69, 9.17) is 5.11 Å². The predicted octanol–water partition coefficient (Wildman–Crippen LogP) is 2.10. The van der Waals surface area contributed by atoms with Gasteiger partial charge in [-0.25, -0.2) is 9.78 Å². The first-order valence-corrected chi connectivity index (χ1v) is 7.85. The van der Waals surface area contributed by atoms with Gasteiger partial charge in [-0.1, -0.05) is 18.2 Å². The molecule has 2 N–H and O–H groups in total. The third-order valence-electron chi connectivity index (χ3n) is 3.48. The molecule has 0 fully saturated rings. The van der Waals surface area contributed by atoms with Crippen molar-refractivity contribution in [1.29, 1.82) is 0 Å². The molecule has 1 aromatic carbocycles. The lowest BCUT2D eigenvalue weighted by Gasteiger charge is -2.07. The zero-order chi connectivity index (χ0) is 17.3. The lowest BCUT2D eigenvalue weighted by atomic mass is 10.2. The second-order valence-corrected chi connectivity index (χ2v) is 6.13. The van der Waals surface area contributed by atoms with Crippen LogP contribution in [0.4, 0.5) is 5.69 Å². The van der Waals surface area contributed by atoms with Crippen molar-refractivity contribution in [1.82, 2.24) is 9.55 Å². The van der Waals surface area contributed by atoms with E-state index in [-0.39, 0.29) is 22.7 Å². The van der Waals surface area contributed by atoms with Crippen LogP contribution in [0.5, 0.6) is 0 Å². The number of nitrogens with one attached hydrogen (secondary N) is 1. The lowest BCUT2D eigenvalue weighted by molar-refractivity contribution is -0.116. The maximum Gasteiger partial charge on any atom is 0.346 e. The SMILES string of the molecule is Cc1c(C(=O)O)sc2ncn(CC(=O)Nc3ccccc3)c(=O)c12. The minimum atomic E-state index is -1.09. The van der Waals surface area contributed by atoms with E-state index in [1.54, 1.807) is 31.2 Å². The van der Waals surface area contributed by atoms with Crippen molar-refractivity contribution >= 4 is 39.1 Å². The Bertz CT molecular complexity index is 992. The fourth-order valence-electron chi connectivity index (χ4n) is 2.35. The third kappa shape index (κ3) is 2.91.